The van der Waals surface area contributed by atoms with E-state index < -0.39 is 0 Å². The lowest BCUT2D eigenvalue weighted by molar-refractivity contribution is 0.352. The number of aliphatic imine (C=N–C) groups is 1. The summed E-state index contributed by atoms with van der Waals surface area (Å²) in [4.78, 5) is 7.57. The molecule has 0 unspecified atom stereocenters. The first kappa shape index (κ1) is 12.2. The Morgan fingerprint density at radius 2 is 1.69 bits per heavy atom. The highest BCUT2D eigenvalue weighted by atomic mass is 28.1. The van der Waals surface area contributed by atoms with Crippen molar-refractivity contribution in [1.82, 2.24) is 4.90 Å². The Balaban J connectivity index is 1.95. The summed E-state index contributed by atoms with van der Waals surface area (Å²) in [5.74, 6) is 1.34. The molecule has 3 heteroatoms. The Morgan fingerprint density at radius 3 is 2.25 bits per heavy atom. The van der Waals surface area contributed by atoms with E-state index in [-0.39, 0.29) is 0 Å². The number of hydrogen-bond acceptors (Lipinski definition) is 1. The van der Waals surface area contributed by atoms with Gasteiger partial charge in [-0.2, -0.15) is 0 Å². The minimum atomic E-state index is 0.650. The van der Waals surface area contributed by atoms with Crippen LogP contribution in [0.5, 0.6) is 0 Å². The first-order chi connectivity index (χ1) is 7.81. The standard InChI is InChI=1S/C13H26N2Si/c1-11(14-12-6-2-3-7-12)15(10-16)13-8-4-5-9-13/h12-13H,2-10H2,1,16H3. The highest BCUT2D eigenvalue weighted by Crippen LogP contribution is 2.25. The first-order valence-electron chi connectivity index (χ1n) is 7.12. The lowest BCUT2D eigenvalue weighted by Gasteiger charge is -2.30. The molecule has 2 saturated carbocycles. The second kappa shape index (κ2) is 5.85. The molecule has 2 fully saturated rings. The number of hydrogen-bond donors (Lipinski definition) is 0. The summed E-state index contributed by atoms with van der Waals surface area (Å²) in [7, 11) is 1.27. The summed E-state index contributed by atoms with van der Waals surface area (Å²) in [6.07, 6.45) is 12.4. The van der Waals surface area contributed by atoms with Crippen molar-refractivity contribution in [2.45, 2.75) is 70.4 Å². The van der Waals surface area contributed by atoms with Crippen molar-refractivity contribution >= 4 is 16.1 Å². The lowest BCUT2D eigenvalue weighted by Crippen LogP contribution is -2.38. The number of amidine groups is 1. The van der Waals surface area contributed by atoms with Gasteiger partial charge in [-0.1, -0.05) is 25.7 Å². The highest BCUT2D eigenvalue weighted by molar-refractivity contribution is 6.10. The van der Waals surface area contributed by atoms with Crippen LogP contribution in [0.3, 0.4) is 0 Å². The molecular formula is C13H26N2Si. The minimum Gasteiger partial charge on any atom is -0.362 e. The summed E-state index contributed by atoms with van der Waals surface area (Å²) >= 11 is 0. The maximum Gasteiger partial charge on any atom is 0.0960 e. The second-order valence-electron chi connectivity index (χ2n) is 5.34. The molecule has 0 aliphatic heterocycles. The zero-order chi connectivity index (χ0) is 11.4. The van der Waals surface area contributed by atoms with E-state index in [0.29, 0.717) is 6.04 Å². The third-order valence-corrected chi connectivity index (χ3v) is 4.90. The van der Waals surface area contributed by atoms with Gasteiger partial charge in [0.1, 0.15) is 0 Å². The molecule has 2 rings (SSSR count). The quantitative estimate of drug-likeness (QED) is 0.417. The third kappa shape index (κ3) is 2.87. The normalized spacial score (nSPS) is 24.4. The smallest absolute Gasteiger partial charge is 0.0960 e. The highest BCUT2D eigenvalue weighted by Gasteiger charge is 2.23. The fourth-order valence-electron chi connectivity index (χ4n) is 3.34. The Kier molecular flexibility index (Phi) is 4.44. The average molecular weight is 238 g/mol. The maximum atomic E-state index is 4.96. The number of nitrogens with zero attached hydrogens (tertiary/aromatic N) is 2. The average Bonchev–Trinajstić information content (AvgIpc) is 2.91. The van der Waals surface area contributed by atoms with Crippen LogP contribution < -0.4 is 0 Å². The maximum absolute atomic E-state index is 4.96. The van der Waals surface area contributed by atoms with E-state index in [9.17, 15) is 0 Å². The van der Waals surface area contributed by atoms with E-state index in [4.69, 9.17) is 4.99 Å². The van der Waals surface area contributed by atoms with Gasteiger partial charge >= 0.3 is 0 Å². The molecule has 0 bridgehead atoms. The first-order valence-corrected chi connectivity index (χ1v) is 8.53. The van der Waals surface area contributed by atoms with E-state index >= 15 is 0 Å². The lowest BCUT2D eigenvalue weighted by atomic mass is 10.2. The predicted molar refractivity (Wildman–Crippen MR) is 74.3 cm³/mol. The Bertz CT molecular complexity index is 240. The van der Waals surface area contributed by atoms with Crippen molar-refractivity contribution in [3.8, 4) is 0 Å². The van der Waals surface area contributed by atoms with Gasteiger partial charge < -0.3 is 4.90 Å². The molecule has 0 atom stereocenters. The van der Waals surface area contributed by atoms with Crippen LogP contribution in [0.2, 0.25) is 0 Å². The monoisotopic (exact) mass is 238 g/mol. The molecule has 0 amide bonds. The van der Waals surface area contributed by atoms with E-state index in [1.54, 1.807) is 0 Å². The van der Waals surface area contributed by atoms with Gasteiger partial charge in [0, 0.05) is 22.5 Å². The van der Waals surface area contributed by atoms with Crippen molar-refractivity contribution < 1.29 is 0 Å². The van der Waals surface area contributed by atoms with Crippen LogP contribution in [0, 0.1) is 0 Å². The fourth-order valence-corrected chi connectivity index (χ4v) is 4.31. The van der Waals surface area contributed by atoms with E-state index in [2.05, 4.69) is 11.8 Å². The zero-order valence-electron chi connectivity index (χ0n) is 10.9. The van der Waals surface area contributed by atoms with E-state index in [1.165, 1.54) is 73.6 Å². The molecule has 2 aliphatic carbocycles. The van der Waals surface area contributed by atoms with Crippen LogP contribution in [0.4, 0.5) is 0 Å². The third-order valence-electron chi connectivity index (χ3n) is 4.22. The van der Waals surface area contributed by atoms with Crippen molar-refractivity contribution in [2.24, 2.45) is 4.99 Å². The fraction of sp³-hybridized carbons (Fsp3) is 0.923. The summed E-state index contributed by atoms with van der Waals surface area (Å²) in [5.41, 5.74) is 0. The summed E-state index contributed by atoms with van der Waals surface area (Å²) in [5, 5.41) is 0. The molecule has 92 valence electrons. The molecule has 0 N–H and O–H groups in total. The Morgan fingerprint density at radius 1 is 1.12 bits per heavy atom. The molecule has 0 spiro atoms. The van der Waals surface area contributed by atoms with E-state index in [0.717, 1.165) is 6.04 Å². The summed E-state index contributed by atoms with van der Waals surface area (Å²) in [6, 6.07) is 1.47. The SMILES string of the molecule is CC(=NC1CCCC1)N(C[SiH3])C1CCCC1. The van der Waals surface area contributed by atoms with Gasteiger partial charge in [-0.05, 0) is 32.6 Å². The van der Waals surface area contributed by atoms with Crippen LogP contribution in [0.15, 0.2) is 4.99 Å². The molecule has 0 radical (unpaired) electrons. The van der Waals surface area contributed by atoms with Gasteiger partial charge in [-0.3, -0.25) is 4.99 Å². The van der Waals surface area contributed by atoms with Crippen LogP contribution in [0.1, 0.15) is 58.3 Å². The van der Waals surface area contributed by atoms with Crippen LogP contribution in [-0.2, 0) is 0 Å². The van der Waals surface area contributed by atoms with Crippen molar-refractivity contribution in [1.29, 1.82) is 0 Å². The molecule has 0 aromatic heterocycles. The van der Waals surface area contributed by atoms with Crippen molar-refractivity contribution in [2.75, 3.05) is 6.17 Å². The van der Waals surface area contributed by atoms with Crippen molar-refractivity contribution in [3.63, 3.8) is 0 Å². The molecule has 0 heterocycles. The molecular weight excluding hydrogens is 212 g/mol. The summed E-state index contributed by atoms with van der Waals surface area (Å²) in [6.45, 7) is 2.24. The van der Waals surface area contributed by atoms with Crippen LogP contribution >= 0.6 is 0 Å². The van der Waals surface area contributed by atoms with Gasteiger partial charge in [0.25, 0.3) is 0 Å². The molecule has 16 heavy (non-hydrogen) atoms. The topological polar surface area (TPSA) is 15.6 Å². The number of rotatable bonds is 3. The Labute approximate surface area is 103 Å². The molecule has 2 nitrogen and oxygen atoms in total. The predicted octanol–water partition coefficient (Wildman–Crippen LogP) is 1.91. The molecule has 0 saturated heterocycles. The zero-order valence-corrected chi connectivity index (χ0v) is 12.9. The van der Waals surface area contributed by atoms with Gasteiger partial charge in [0.05, 0.1) is 11.9 Å². The van der Waals surface area contributed by atoms with Crippen LogP contribution in [0.25, 0.3) is 0 Å². The van der Waals surface area contributed by atoms with Gasteiger partial charge in [-0.15, -0.1) is 0 Å². The molecule has 0 aromatic rings. The Hall–Kier alpha value is -0.313. The van der Waals surface area contributed by atoms with Gasteiger partial charge in [0.15, 0.2) is 0 Å². The largest absolute Gasteiger partial charge is 0.362 e. The summed E-state index contributed by atoms with van der Waals surface area (Å²) < 4.78 is 0. The molecule has 2 aliphatic rings. The minimum absolute atomic E-state index is 0.650. The van der Waals surface area contributed by atoms with Crippen LogP contribution in [-0.4, -0.2) is 39.2 Å². The van der Waals surface area contributed by atoms with Gasteiger partial charge in [0.2, 0.25) is 0 Å². The van der Waals surface area contributed by atoms with Crippen molar-refractivity contribution in [3.05, 3.63) is 0 Å². The van der Waals surface area contributed by atoms with Gasteiger partial charge in [-0.25, -0.2) is 0 Å². The molecule has 0 aromatic carbocycles. The second-order valence-corrected chi connectivity index (χ2v) is 5.97. The van der Waals surface area contributed by atoms with E-state index in [1.807, 2.05) is 0 Å².